The van der Waals surface area contributed by atoms with Gasteiger partial charge in [-0.2, -0.15) is 0 Å². The summed E-state index contributed by atoms with van der Waals surface area (Å²) in [6, 6.07) is 17.1. The number of hydrogen-bond donors (Lipinski definition) is 0. The van der Waals surface area contributed by atoms with E-state index in [1.807, 2.05) is 0 Å². The number of benzene rings is 2. The Morgan fingerprint density at radius 1 is 0.789 bits per heavy atom. The fourth-order valence-corrected chi connectivity index (χ4v) is 2.32. The van der Waals surface area contributed by atoms with E-state index in [4.69, 9.17) is 0 Å². The van der Waals surface area contributed by atoms with Gasteiger partial charge in [0, 0.05) is 19.8 Å². The van der Waals surface area contributed by atoms with Crippen LogP contribution in [0.25, 0.3) is 18.2 Å². The van der Waals surface area contributed by atoms with E-state index >= 15 is 0 Å². The lowest BCUT2D eigenvalue weighted by Crippen LogP contribution is -2.19. The SMILES string of the molecule is CN(C)c1ccc(C=C2C=c3ccccc3=C2)cc1. The van der Waals surface area contributed by atoms with Crippen LogP contribution < -0.4 is 15.3 Å². The molecule has 0 bridgehead atoms. The topological polar surface area (TPSA) is 3.24 Å². The molecule has 0 saturated heterocycles. The third-order valence-corrected chi connectivity index (χ3v) is 3.38. The minimum atomic E-state index is 1.23. The molecule has 19 heavy (non-hydrogen) atoms. The Morgan fingerprint density at radius 2 is 1.37 bits per heavy atom. The van der Waals surface area contributed by atoms with Gasteiger partial charge in [-0.1, -0.05) is 36.4 Å². The Labute approximate surface area is 113 Å². The van der Waals surface area contributed by atoms with Gasteiger partial charge in [-0.05, 0) is 51.9 Å². The molecule has 2 aromatic carbocycles. The predicted octanol–water partition coefficient (Wildman–Crippen LogP) is 2.41. The van der Waals surface area contributed by atoms with E-state index in [0.717, 1.165) is 0 Å². The van der Waals surface area contributed by atoms with Crippen LogP contribution in [-0.4, -0.2) is 14.1 Å². The molecule has 1 aliphatic carbocycles. The van der Waals surface area contributed by atoms with Gasteiger partial charge in [-0.15, -0.1) is 0 Å². The maximum Gasteiger partial charge on any atom is 0.0361 e. The standard InChI is InChI=1S/C18H17N/c1-19(2)18-9-7-14(8-10-18)11-15-12-16-5-3-4-6-17(16)13-15/h3-13H,1-2H3. The van der Waals surface area contributed by atoms with Crippen LogP contribution in [0.2, 0.25) is 0 Å². The second kappa shape index (κ2) is 4.77. The van der Waals surface area contributed by atoms with Gasteiger partial charge in [0.25, 0.3) is 0 Å². The van der Waals surface area contributed by atoms with E-state index in [-0.39, 0.29) is 0 Å². The summed E-state index contributed by atoms with van der Waals surface area (Å²) in [7, 11) is 4.12. The molecule has 0 fully saturated rings. The van der Waals surface area contributed by atoms with Gasteiger partial charge in [0.05, 0.1) is 0 Å². The van der Waals surface area contributed by atoms with E-state index in [0.29, 0.717) is 0 Å². The first-order valence-electron chi connectivity index (χ1n) is 6.50. The highest BCUT2D eigenvalue weighted by Crippen LogP contribution is 2.16. The Balaban J connectivity index is 1.94. The van der Waals surface area contributed by atoms with Crippen molar-refractivity contribution in [2.45, 2.75) is 0 Å². The number of anilines is 1. The van der Waals surface area contributed by atoms with Crippen LogP contribution in [0, 0.1) is 0 Å². The quantitative estimate of drug-likeness (QED) is 0.787. The Kier molecular flexibility index (Phi) is 2.96. The average molecular weight is 247 g/mol. The molecule has 0 N–H and O–H groups in total. The zero-order valence-electron chi connectivity index (χ0n) is 11.3. The zero-order chi connectivity index (χ0) is 13.2. The zero-order valence-corrected chi connectivity index (χ0v) is 11.3. The van der Waals surface area contributed by atoms with Crippen molar-refractivity contribution < 1.29 is 0 Å². The Bertz CT molecular complexity index is 697. The summed E-state index contributed by atoms with van der Waals surface area (Å²) in [4.78, 5) is 2.11. The molecular weight excluding hydrogens is 230 g/mol. The molecule has 0 amide bonds. The molecule has 1 aliphatic rings. The number of hydrogen-bond acceptors (Lipinski definition) is 1. The monoisotopic (exact) mass is 247 g/mol. The first kappa shape index (κ1) is 11.8. The maximum absolute atomic E-state index is 2.23. The molecule has 3 rings (SSSR count). The molecule has 0 radical (unpaired) electrons. The lowest BCUT2D eigenvalue weighted by Gasteiger charge is -2.11. The molecular formula is C18H17N. The van der Waals surface area contributed by atoms with Crippen molar-refractivity contribution >= 4 is 23.9 Å². The van der Waals surface area contributed by atoms with Crippen LogP contribution in [-0.2, 0) is 0 Å². The van der Waals surface area contributed by atoms with Crippen LogP contribution in [0.5, 0.6) is 0 Å². The third-order valence-electron chi connectivity index (χ3n) is 3.38. The molecule has 1 nitrogen and oxygen atoms in total. The lowest BCUT2D eigenvalue weighted by molar-refractivity contribution is 1.13. The highest BCUT2D eigenvalue weighted by atomic mass is 15.1. The average Bonchev–Trinajstić information content (AvgIpc) is 2.81. The van der Waals surface area contributed by atoms with Crippen molar-refractivity contribution in [3.05, 3.63) is 70.1 Å². The lowest BCUT2D eigenvalue weighted by atomic mass is 10.1. The number of fused-ring (bicyclic) bond motifs is 1. The molecule has 0 spiro atoms. The van der Waals surface area contributed by atoms with Crippen molar-refractivity contribution in [3.8, 4) is 0 Å². The highest BCUT2D eigenvalue weighted by molar-refractivity contribution is 5.81. The predicted molar refractivity (Wildman–Crippen MR) is 83.4 cm³/mol. The van der Waals surface area contributed by atoms with Crippen LogP contribution in [0.4, 0.5) is 5.69 Å². The van der Waals surface area contributed by atoms with Crippen molar-refractivity contribution in [3.63, 3.8) is 0 Å². The van der Waals surface area contributed by atoms with Gasteiger partial charge in [0.15, 0.2) is 0 Å². The molecule has 0 atom stereocenters. The summed E-state index contributed by atoms with van der Waals surface area (Å²) in [5.74, 6) is 0. The Morgan fingerprint density at radius 3 is 1.89 bits per heavy atom. The molecule has 0 heterocycles. The maximum atomic E-state index is 2.23. The summed E-state index contributed by atoms with van der Waals surface area (Å²) >= 11 is 0. The van der Waals surface area contributed by atoms with Gasteiger partial charge in [-0.25, -0.2) is 0 Å². The van der Waals surface area contributed by atoms with Crippen molar-refractivity contribution in [1.82, 2.24) is 0 Å². The first-order valence-corrected chi connectivity index (χ1v) is 6.50. The van der Waals surface area contributed by atoms with E-state index in [1.165, 1.54) is 27.3 Å². The third kappa shape index (κ3) is 2.45. The number of nitrogens with zero attached hydrogens (tertiary/aromatic N) is 1. The summed E-state index contributed by atoms with van der Waals surface area (Å²) in [6.45, 7) is 0. The normalized spacial score (nSPS) is 12.4. The second-order valence-corrected chi connectivity index (χ2v) is 5.05. The first-order chi connectivity index (χ1) is 9.22. The molecule has 0 aliphatic heterocycles. The minimum Gasteiger partial charge on any atom is -0.378 e. The largest absolute Gasteiger partial charge is 0.378 e. The second-order valence-electron chi connectivity index (χ2n) is 5.05. The van der Waals surface area contributed by atoms with Gasteiger partial charge in [-0.3, -0.25) is 0 Å². The summed E-state index contributed by atoms with van der Waals surface area (Å²) in [6.07, 6.45) is 6.68. The van der Waals surface area contributed by atoms with Crippen molar-refractivity contribution in [1.29, 1.82) is 0 Å². The summed E-state index contributed by atoms with van der Waals surface area (Å²) in [5, 5.41) is 2.61. The van der Waals surface area contributed by atoms with E-state index in [1.54, 1.807) is 0 Å². The van der Waals surface area contributed by atoms with Crippen LogP contribution in [0.15, 0.2) is 54.1 Å². The smallest absolute Gasteiger partial charge is 0.0361 e. The fourth-order valence-electron chi connectivity index (χ4n) is 2.32. The van der Waals surface area contributed by atoms with Crippen LogP contribution in [0.3, 0.4) is 0 Å². The van der Waals surface area contributed by atoms with Gasteiger partial charge in [0.1, 0.15) is 0 Å². The molecule has 1 heteroatoms. The van der Waals surface area contributed by atoms with Gasteiger partial charge < -0.3 is 4.90 Å². The van der Waals surface area contributed by atoms with Crippen LogP contribution >= 0.6 is 0 Å². The molecule has 0 unspecified atom stereocenters. The van der Waals surface area contributed by atoms with Crippen LogP contribution in [0.1, 0.15) is 5.56 Å². The summed E-state index contributed by atoms with van der Waals surface area (Å²) in [5.41, 5.74) is 3.73. The van der Waals surface area contributed by atoms with Gasteiger partial charge in [0.2, 0.25) is 0 Å². The highest BCUT2D eigenvalue weighted by Gasteiger charge is 1.99. The van der Waals surface area contributed by atoms with E-state index in [9.17, 15) is 0 Å². The minimum absolute atomic E-state index is 1.23. The number of rotatable bonds is 2. The molecule has 0 saturated carbocycles. The van der Waals surface area contributed by atoms with E-state index in [2.05, 4.69) is 85.8 Å². The van der Waals surface area contributed by atoms with Gasteiger partial charge >= 0.3 is 0 Å². The van der Waals surface area contributed by atoms with Crippen molar-refractivity contribution in [2.24, 2.45) is 0 Å². The Hall–Kier alpha value is -2.28. The molecule has 0 aromatic heterocycles. The molecule has 2 aromatic rings. The van der Waals surface area contributed by atoms with Crippen molar-refractivity contribution in [2.75, 3.05) is 19.0 Å². The molecule has 94 valence electrons. The number of allylic oxidation sites excluding steroid dienone is 1. The van der Waals surface area contributed by atoms with E-state index < -0.39 is 0 Å². The summed E-state index contributed by atoms with van der Waals surface area (Å²) < 4.78 is 0. The fraction of sp³-hybridized carbons (Fsp3) is 0.111.